The quantitative estimate of drug-likeness (QED) is 0.694. The molecule has 2 aromatic carbocycles. The predicted octanol–water partition coefficient (Wildman–Crippen LogP) is 3.93. The summed E-state index contributed by atoms with van der Waals surface area (Å²) in [6.07, 6.45) is 3.46. The Balaban J connectivity index is 1.49. The molecule has 0 aromatic heterocycles. The Morgan fingerprint density at radius 2 is 1.72 bits per heavy atom. The summed E-state index contributed by atoms with van der Waals surface area (Å²) in [5, 5.41) is 0.497. The average Bonchev–Trinajstić information content (AvgIpc) is 3.58. The maximum Gasteiger partial charge on any atom is 0.243 e. The lowest BCUT2D eigenvalue weighted by molar-refractivity contribution is -0.138. The number of benzene rings is 2. The highest BCUT2D eigenvalue weighted by atomic mass is 35.5. The van der Waals surface area contributed by atoms with Crippen molar-refractivity contribution in [3.05, 3.63) is 65.2 Å². The normalized spacial score (nSPS) is 20.4. The van der Waals surface area contributed by atoms with E-state index in [0.29, 0.717) is 24.5 Å². The lowest BCUT2D eigenvalue weighted by Crippen LogP contribution is -2.47. The van der Waals surface area contributed by atoms with Crippen molar-refractivity contribution >= 4 is 27.5 Å². The molecule has 2 aromatic rings. The standard InChI is InChI=1S/C22H25ClN2O3S/c23-19-8-12-21(13-9-19)29(27,28)24-14-4-7-18(16-24)22(26)25(20-10-11-20)15-17-5-2-1-3-6-17/h1-3,5-6,8-9,12-13,18,20H,4,7,10-11,14-16H2. The molecule has 1 saturated carbocycles. The van der Waals surface area contributed by atoms with Crippen molar-refractivity contribution in [2.75, 3.05) is 13.1 Å². The fraction of sp³-hybridized carbons (Fsp3) is 0.409. The fourth-order valence-electron chi connectivity index (χ4n) is 3.91. The van der Waals surface area contributed by atoms with Crippen LogP contribution in [0.3, 0.4) is 0 Å². The molecule has 2 aliphatic rings. The Kier molecular flexibility index (Phi) is 5.95. The lowest BCUT2D eigenvalue weighted by atomic mass is 9.97. The number of rotatable bonds is 6. The zero-order chi connectivity index (χ0) is 20.4. The SMILES string of the molecule is O=C(C1CCCN(S(=O)(=O)c2ccc(Cl)cc2)C1)N(Cc1ccccc1)C1CC1. The summed E-state index contributed by atoms with van der Waals surface area (Å²) in [7, 11) is -3.63. The van der Waals surface area contributed by atoms with Crippen LogP contribution in [0.5, 0.6) is 0 Å². The first-order valence-electron chi connectivity index (χ1n) is 10.1. The molecule has 1 atom stereocenters. The van der Waals surface area contributed by atoms with Crippen molar-refractivity contribution in [2.24, 2.45) is 5.92 Å². The summed E-state index contributed by atoms with van der Waals surface area (Å²) < 4.78 is 27.5. The van der Waals surface area contributed by atoms with Gasteiger partial charge in [0.1, 0.15) is 0 Å². The number of sulfonamides is 1. The van der Waals surface area contributed by atoms with Crippen LogP contribution >= 0.6 is 11.6 Å². The van der Waals surface area contributed by atoms with E-state index in [2.05, 4.69) is 0 Å². The third-order valence-corrected chi connectivity index (χ3v) is 7.78. The number of piperidine rings is 1. The van der Waals surface area contributed by atoms with Crippen LogP contribution in [0.4, 0.5) is 0 Å². The van der Waals surface area contributed by atoms with Gasteiger partial charge in [-0.15, -0.1) is 0 Å². The maximum absolute atomic E-state index is 13.3. The minimum atomic E-state index is -3.63. The summed E-state index contributed by atoms with van der Waals surface area (Å²) in [6, 6.07) is 16.5. The van der Waals surface area contributed by atoms with Gasteiger partial charge in [-0.1, -0.05) is 41.9 Å². The fourth-order valence-corrected chi connectivity index (χ4v) is 5.56. The largest absolute Gasteiger partial charge is 0.335 e. The van der Waals surface area contributed by atoms with E-state index in [0.717, 1.165) is 24.8 Å². The summed E-state index contributed by atoms with van der Waals surface area (Å²) in [5.74, 6) is -0.220. The first kappa shape index (κ1) is 20.4. The highest BCUT2D eigenvalue weighted by Crippen LogP contribution is 2.32. The van der Waals surface area contributed by atoms with E-state index in [1.54, 1.807) is 12.1 Å². The van der Waals surface area contributed by atoms with Crippen molar-refractivity contribution in [1.29, 1.82) is 0 Å². The van der Waals surface area contributed by atoms with Gasteiger partial charge in [0.2, 0.25) is 15.9 Å². The molecule has 1 aliphatic heterocycles. The second-order valence-corrected chi connectivity index (χ2v) is 10.2. The van der Waals surface area contributed by atoms with Crippen LogP contribution in [0.25, 0.3) is 0 Å². The van der Waals surface area contributed by atoms with Crippen molar-refractivity contribution in [3.63, 3.8) is 0 Å². The molecule has 1 saturated heterocycles. The van der Waals surface area contributed by atoms with Gasteiger partial charge in [-0.25, -0.2) is 8.42 Å². The monoisotopic (exact) mass is 432 g/mol. The number of nitrogens with zero attached hydrogens (tertiary/aromatic N) is 2. The van der Waals surface area contributed by atoms with Crippen LogP contribution < -0.4 is 0 Å². The molecular formula is C22H25ClN2O3S. The van der Waals surface area contributed by atoms with Crippen LogP contribution in [-0.4, -0.2) is 42.7 Å². The van der Waals surface area contributed by atoms with Crippen LogP contribution in [0, 0.1) is 5.92 Å². The molecular weight excluding hydrogens is 408 g/mol. The van der Waals surface area contributed by atoms with Crippen LogP contribution in [0.2, 0.25) is 5.02 Å². The van der Waals surface area contributed by atoms with Gasteiger partial charge < -0.3 is 4.90 Å². The van der Waals surface area contributed by atoms with Gasteiger partial charge in [-0.2, -0.15) is 4.31 Å². The summed E-state index contributed by atoms with van der Waals surface area (Å²) >= 11 is 5.89. The second-order valence-electron chi connectivity index (χ2n) is 7.84. The number of hydrogen-bond donors (Lipinski definition) is 0. The van der Waals surface area contributed by atoms with Crippen LogP contribution in [0.1, 0.15) is 31.2 Å². The van der Waals surface area contributed by atoms with E-state index in [1.165, 1.54) is 16.4 Å². The van der Waals surface area contributed by atoms with E-state index in [9.17, 15) is 13.2 Å². The highest BCUT2D eigenvalue weighted by Gasteiger charge is 2.39. The van der Waals surface area contributed by atoms with Crippen molar-refractivity contribution in [2.45, 2.75) is 43.2 Å². The number of amides is 1. The number of halogens is 1. The Morgan fingerprint density at radius 1 is 1.03 bits per heavy atom. The third kappa shape index (κ3) is 4.65. The molecule has 0 spiro atoms. The van der Waals surface area contributed by atoms with E-state index in [-0.39, 0.29) is 29.3 Å². The minimum absolute atomic E-state index is 0.0763. The molecule has 29 heavy (non-hydrogen) atoms. The zero-order valence-corrected chi connectivity index (χ0v) is 17.8. The molecule has 0 bridgehead atoms. The molecule has 1 unspecified atom stereocenters. The number of hydrogen-bond acceptors (Lipinski definition) is 3. The molecule has 0 N–H and O–H groups in total. The zero-order valence-electron chi connectivity index (χ0n) is 16.2. The van der Waals surface area contributed by atoms with Gasteiger partial charge in [0.25, 0.3) is 0 Å². The Morgan fingerprint density at radius 3 is 2.38 bits per heavy atom. The van der Waals surface area contributed by atoms with Gasteiger partial charge in [-0.05, 0) is 55.5 Å². The molecule has 154 valence electrons. The van der Waals surface area contributed by atoms with Crippen molar-refractivity contribution in [3.8, 4) is 0 Å². The lowest BCUT2D eigenvalue weighted by Gasteiger charge is -2.34. The molecule has 1 heterocycles. The molecule has 0 radical (unpaired) electrons. The van der Waals surface area contributed by atoms with Gasteiger partial charge in [0.15, 0.2) is 0 Å². The number of carbonyl (C=O) groups is 1. The van der Waals surface area contributed by atoms with E-state index in [4.69, 9.17) is 11.6 Å². The molecule has 4 rings (SSSR count). The van der Waals surface area contributed by atoms with Crippen molar-refractivity contribution in [1.82, 2.24) is 9.21 Å². The van der Waals surface area contributed by atoms with Gasteiger partial charge in [0.05, 0.1) is 10.8 Å². The first-order valence-corrected chi connectivity index (χ1v) is 11.9. The maximum atomic E-state index is 13.3. The Labute approximate surface area is 177 Å². The molecule has 7 heteroatoms. The smallest absolute Gasteiger partial charge is 0.243 e. The summed E-state index contributed by atoms with van der Waals surface area (Å²) in [4.78, 5) is 15.5. The highest BCUT2D eigenvalue weighted by molar-refractivity contribution is 7.89. The Bertz CT molecular complexity index is 959. The van der Waals surface area contributed by atoms with Crippen LogP contribution in [0.15, 0.2) is 59.5 Å². The topological polar surface area (TPSA) is 57.7 Å². The minimum Gasteiger partial charge on any atom is -0.335 e. The summed E-state index contributed by atoms with van der Waals surface area (Å²) in [6.45, 7) is 1.27. The second kappa shape index (κ2) is 8.46. The molecule has 1 aliphatic carbocycles. The average molecular weight is 433 g/mol. The van der Waals surface area contributed by atoms with Crippen LogP contribution in [-0.2, 0) is 21.4 Å². The summed E-state index contributed by atoms with van der Waals surface area (Å²) in [5.41, 5.74) is 1.11. The predicted molar refractivity (Wildman–Crippen MR) is 113 cm³/mol. The first-order chi connectivity index (χ1) is 13.9. The van der Waals surface area contributed by atoms with E-state index < -0.39 is 10.0 Å². The molecule has 2 fully saturated rings. The number of carbonyl (C=O) groups excluding carboxylic acids is 1. The Hall–Kier alpha value is -1.89. The van der Waals surface area contributed by atoms with Crippen molar-refractivity contribution < 1.29 is 13.2 Å². The molecule has 1 amide bonds. The molecule has 5 nitrogen and oxygen atoms in total. The van der Waals surface area contributed by atoms with E-state index >= 15 is 0 Å². The van der Waals surface area contributed by atoms with Gasteiger partial charge >= 0.3 is 0 Å². The van der Waals surface area contributed by atoms with E-state index in [1.807, 2.05) is 35.2 Å². The third-order valence-electron chi connectivity index (χ3n) is 5.65. The van der Waals surface area contributed by atoms with Gasteiger partial charge in [0, 0.05) is 30.7 Å². The van der Waals surface area contributed by atoms with Gasteiger partial charge in [-0.3, -0.25) is 4.79 Å².